The minimum Gasteiger partial charge on any atom is -0.513 e. The molecular weight excluding hydrogens is 114 g/mol. The van der Waals surface area contributed by atoms with E-state index in [2.05, 4.69) is 13.2 Å². The molecule has 0 bridgehead atoms. The molecule has 0 spiro atoms. The predicted molar refractivity (Wildman–Crippen MR) is 35.8 cm³/mol. The quantitative estimate of drug-likeness (QED) is 0.460. The van der Waals surface area contributed by atoms with Gasteiger partial charge in [0.2, 0.25) is 0 Å². The van der Waals surface area contributed by atoms with Crippen LogP contribution in [0.5, 0.6) is 0 Å². The van der Waals surface area contributed by atoms with Crippen LogP contribution in [0.3, 0.4) is 0 Å². The molecule has 0 amide bonds. The normalized spacial score (nSPS) is 7.89. The average Bonchev–Trinajstić information content (AvgIpc) is 1.83. The SMILES string of the molecule is C=C(O)CCC(=C)C#N. The van der Waals surface area contributed by atoms with Crippen molar-refractivity contribution in [2.75, 3.05) is 0 Å². The molecule has 0 radical (unpaired) electrons. The third-order valence-electron chi connectivity index (χ3n) is 0.873. The first-order valence-electron chi connectivity index (χ1n) is 2.61. The van der Waals surface area contributed by atoms with Crippen LogP contribution in [0.15, 0.2) is 24.5 Å². The number of rotatable bonds is 3. The first-order valence-corrected chi connectivity index (χ1v) is 2.61. The van der Waals surface area contributed by atoms with Crippen molar-refractivity contribution in [2.24, 2.45) is 0 Å². The fourth-order valence-corrected chi connectivity index (χ4v) is 0.351. The van der Waals surface area contributed by atoms with Gasteiger partial charge in [0.15, 0.2) is 0 Å². The molecule has 2 heteroatoms. The number of nitrogens with zero attached hydrogens (tertiary/aromatic N) is 1. The number of nitriles is 1. The van der Waals surface area contributed by atoms with Crippen molar-refractivity contribution in [1.82, 2.24) is 0 Å². The minimum atomic E-state index is 0.103. The van der Waals surface area contributed by atoms with Crippen LogP contribution in [0.1, 0.15) is 12.8 Å². The Labute approximate surface area is 54.7 Å². The molecule has 0 aromatic carbocycles. The molecule has 0 saturated carbocycles. The van der Waals surface area contributed by atoms with Crippen molar-refractivity contribution in [1.29, 1.82) is 5.26 Å². The molecule has 0 atom stereocenters. The number of aliphatic hydroxyl groups excluding tert-OH is 1. The molecule has 0 aliphatic rings. The first-order chi connectivity index (χ1) is 4.16. The van der Waals surface area contributed by atoms with E-state index in [0.29, 0.717) is 18.4 Å². The summed E-state index contributed by atoms with van der Waals surface area (Å²) in [6.07, 6.45) is 0.943. The molecular formula is C7H9NO. The van der Waals surface area contributed by atoms with Gasteiger partial charge in [-0.05, 0) is 6.42 Å². The van der Waals surface area contributed by atoms with Crippen LogP contribution < -0.4 is 0 Å². The van der Waals surface area contributed by atoms with E-state index in [1.807, 2.05) is 6.07 Å². The summed E-state index contributed by atoms with van der Waals surface area (Å²) in [4.78, 5) is 0. The molecule has 0 aliphatic carbocycles. The zero-order chi connectivity index (χ0) is 7.28. The van der Waals surface area contributed by atoms with Crippen molar-refractivity contribution in [3.05, 3.63) is 24.5 Å². The lowest BCUT2D eigenvalue weighted by atomic mass is 10.2. The third kappa shape index (κ3) is 4.63. The highest BCUT2D eigenvalue weighted by atomic mass is 16.3. The van der Waals surface area contributed by atoms with E-state index in [0.717, 1.165) is 0 Å². The third-order valence-corrected chi connectivity index (χ3v) is 0.873. The molecule has 0 saturated heterocycles. The van der Waals surface area contributed by atoms with E-state index in [-0.39, 0.29) is 5.76 Å². The Morgan fingerprint density at radius 2 is 2.00 bits per heavy atom. The van der Waals surface area contributed by atoms with Gasteiger partial charge in [-0.25, -0.2) is 0 Å². The van der Waals surface area contributed by atoms with Crippen LogP contribution in [-0.2, 0) is 0 Å². The highest BCUT2D eigenvalue weighted by Crippen LogP contribution is 2.04. The van der Waals surface area contributed by atoms with Gasteiger partial charge < -0.3 is 5.11 Å². The standard InChI is InChI=1S/C7H9NO/c1-6(5-8)3-4-7(2)9/h9H,1-4H2. The first kappa shape index (κ1) is 7.77. The van der Waals surface area contributed by atoms with Crippen molar-refractivity contribution in [3.63, 3.8) is 0 Å². The summed E-state index contributed by atoms with van der Waals surface area (Å²) in [7, 11) is 0. The molecule has 9 heavy (non-hydrogen) atoms. The maximum Gasteiger partial charge on any atom is 0.0940 e. The smallest absolute Gasteiger partial charge is 0.0940 e. The number of hydrogen-bond acceptors (Lipinski definition) is 2. The van der Waals surface area contributed by atoms with Crippen LogP contribution in [0.4, 0.5) is 0 Å². The van der Waals surface area contributed by atoms with E-state index < -0.39 is 0 Å². The largest absolute Gasteiger partial charge is 0.513 e. The molecule has 0 unspecified atom stereocenters. The lowest BCUT2D eigenvalue weighted by Crippen LogP contribution is -1.80. The number of hydrogen-bond donors (Lipinski definition) is 1. The van der Waals surface area contributed by atoms with Gasteiger partial charge >= 0.3 is 0 Å². The van der Waals surface area contributed by atoms with Crippen molar-refractivity contribution >= 4 is 0 Å². The van der Waals surface area contributed by atoms with Crippen LogP contribution >= 0.6 is 0 Å². The molecule has 0 aromatic rings. The van der Waals surface area contributed by atoms with Gasteiger partial charge in [0, 0.05) is 12.0 Å². The summed E-state index contributed by atoms with van der Waals surface area (Å²) >= 11 is 0. The summed E-state index contributed by atoms with van der Waals surface area (Å²) in [6.45, 7) is 6.70. The van der Waals surface area contributed by atoms with Crippen LogP contribution in [-0.4, -0.2) is 5.11 Å². The number of aliphatic hydroxyl groups is 1. The molecule has 0 fully saturated rings. The summed E-state index contributed by atoms with van der Waals surface area (Å²) in [5.41, 5.74) is 0.477. The zero-order valence-corrected chi connectivity index (χ0v) is 5.22. The Bertz CT molecular complexity index is 164. The minimum absolute atomic E-state index is 0.103. The van der Waals surface area contributed by atoms with Gasteiger partial charge in [0.05, 0.1) is 11.8 Å². The Hall–Kier alpha value is -1.23. The van der Waals surface area contributed by atoms with E-state index >= 15 is 0 Å². The fraction of sp³-hybridized carbons (Fsp3) is 0.286. The maximum absolute atomic E-state index is 8.55. The van der Waals surface area contributed by atoms with Crippen LogP contribution in [0.25, 0.3) is 0 Å². The van der Waals surface area contributed by atoms with Gasteiger partial charge in [-0.3, -0.25) is 0 Å². The van der Waals surface area contributed by atoms with E-state index in [9.17, 15) is 0 Å². The summed E-state index contributed by atoms with van der Waals surface area (Å²) in [5.74, 6) is 0.103. The lowest BCUT2D eigenvalue weighted by Gasteiger charge is -1.93. The van der Waals surface area contributed by atoms with Crippen molar-refractivity contribution < 1.29 is 5.11 Å². The predicted octanol–water partition coefficient (Wildman–Crippen LogP) is 1.92. The molecule has 0 aromatic heterocycles. The summed E-state index contributed by atoms with van der Waals surface area (Å²) < 4.78 is 0. The van der Waals surface area contributed by atoms with E-state index in [1.54, 1.807) is 0 Å². The number of allylic oxidation sites excluding steroid dienone is 2. The highest BCUT2D eigenvalue weighted by Gasteiger charge is 1.92. The summed E-state index contributed by atoms with van der Waals surface area (Å²) in [5, 5.41) is 16.7. The maximum atomic E-state index is 8.55. The second-order valence-corrected chi connectivity index (χ2v) is 1.78. The average molecular weight is 123 g/mol. The van der Waals surface area contributed by atoms with Crippen molar-refractivity contribution in [3.8, 4) is 6.07 Å². The van der Waals surface area contributed by atoms with Gasteiger partial charge in [0.1, 0.15) is 0 Å². The molecule has 0 rings (SSSR count). The molecule has 1 N–H and O–H groups in total. The second-order valence-electron chi connectivity index (χ2n) is 1.78. The fourth-order valence-electron chi connectivity index (χ4n) is 0.351. The molecule has 0 aliphatic heterocycles. The Balaban J connectivity index is 3.43. The molecule has 0 heterocycles. The van der Waals surface area contributed by atoms with Crippen LogP contribution in [0, 0.1) is 11.3 Å². The van der Waals surface area contributed by atoms with Gasteiger partial charge in [-0.1, -0.05) is 13.2 Å². The van der Waals surface area contributed by atoms with Gasteiger partial charge in [-0.15, -0.1) is 0 Å². The highest BCUT2D eigenvalue weighted by molar-refractivity contribution is 5.16. The molecule has 2 nitrogen and oxygen atoms in total. The topological polar surface area (TPSA) is 44.0 Å². The second kappa shape index (κ2) is 3.73. The Kier molecular flexibility index (Phi) is 3.22. The molecule has 48 valence electrons. The van der Waals surface area contributed by atoms with Crippen molar-refractivity contribution in [2.45, 2.75) is 12.8 Å². The zero-order valence-electron chi connectivity index (χ0n) is 5.22. The Morgan fingerprint density at radius 1 is 1.44 bits per heavy atom. The van der Waals surface area contributed by atoms with E-state index in [1.165, 1.54) is 0 Å². The Morgan fingerprint density at radius 3 is 2.33 bits per heavy atom. The lowest BCUT2D eigenvalue weighted by molar-refractivity contribution is 0.392. The van der Waals surface area contributed by atoms with Gasteiger partial charge in [0.25, 0.3) is 0 Å². The monoisotopic (exact) mass is 123 g/mol. The van der Waals surface area contributed by atoms with E-state index in [4.69, 9.17) is 10.4 Å². The van der Waals surface area contributed by atoms with Gasteiger partial charge in [-0.2, -0.15) is 5.26 Å². The van der Waals surface area contributed by atoms with Crippen LogP contribution in [0.2, 0.25) is 0 Å². The summed E-state index contributed by atoms with van der Waals surface area (Å²) in [6, 6.07) is 1.87.